The Labute approximate surface area is 85.9 Å². The summed E-state index contributed by atoms with van der Waals surface area (Å²) >= 11 is 0. The Morgan fingerprint density at radius 3 is 2.29 bits per heavy atom. The lowest BCUT2D eigenvalue weighted by atomic mass is 9.93. The third-order valence-corrected chi connectivity index (χ3v) is 3.42. The molecular weight excluding hydrogens is 178 g/mol. The summed E-state index contributed by atoms with van der Waals surface area (Å²) in [6.45, 7) is 6.30. The van der Waals surface area contributed by atoms with Gasteiger partial charge in [-0.1, -0.05) is 13.8 Å². The highest BCUT2D eigenvalue weighted by atomic mass is 16.4. The fourth-order valence-electron chi connectivity index (χ4n) is 1.64. The third kappa shape index (κ3) is 2.71. The summed E-state index contributed by atoms with van der Waals surface area (Å²) < 4.78 is 0. The number of carboxylic acid groups (broad SMARTS) is 1. The fraction of sp³-hybridized carbons (Fsp3) is 0.909. The molecule has 1 unspecified atom stereocenters. The predicted molar refractivity (Wildman–Crippen MR) is 56.3 cm³/mol. The SMILES string of the molecule is CCC(C)(CC)NC(C(=O)O)C1CC1. The first-order chi connectivity index (χ1) is 6.52. The Balaban J connectivity index is 2.57. The molecule has 0 aromatic heterocycles. The molecule has 3 nitrogen and oxygen atoms in total. The van der Waals surface area contributed by atoms with Crippen molar-refractivity contribution in [1.82, 2.24) is 5.32 Å². The second kappa shape index (κ2) is 4.30. The molecule has 82 valence electrons. The molecule has 1 aliphatic rings. The summed E-state index contributed by atoms with van der Waals surface area (Å²) in [5, 5.41) is 12.4. The minimum atomic E-state index is -0.694. The molecule has 0 bridgehead atoms. The van der Waals surface area contributed by atoms with E-state index in [9.17, 15) is 4.79 Å². The molecule has 0 spiro atoms. The number of carbonyl (C=O) groups is 1. The van der Waals surface area contributed by atoms with Gasteiger partial charge in [-0.15, -0.1) is 0 Å². The van der Waals surface area contributed by atoms with Crippen LogP contribution in [0.3, 0.4) is 0 Å². The molecule has 0 amide bonds. The summed E-state index contributed by atoms with van der Waals surface area (Å²) in [6.07, 6.45) is 4.07. The van der Waals surface area contributed by atoms with Crippen molar-refractivity contribution >= 4 is 5.97 Å². The molecule has 0 aromatic carbocycles. The van der Waals surface area contributed by atoms with Crippen molar-refractivity contribution in [3.63, 3.8) is 0 Å². The van der Waals surface area contributed by atoms with E-state index in [-0.39, 0.29) is 11.6 Å². The van der Waals surface area contributed by atoms with E-state index < -0.39 is 5.97 Å². The van der Waals surface area contributed by atoms with Crippen LogP contribution in [-0.4, -0.2) is 22.7 Å². The van der Waals surface area contributed by atoms with Gasteiger partial charge in [0.05, 0.1) is 0 Å². The van der Waals surface area contributed by atoms with Crippen LogP contribution >= 0.6 is 0 Å². The lowest BCUT2D eigenvalue weighted by molar-refractivity contribution is -0.140. The summed E-state index contributed by atoms with van der Waals surface area (Å²) in [4.78, 5) is 11.0. The van der Waals surface area contributed by atoms with Crippen molar-refractivity contribution in [2.45, 2.75) is 58.0 Å². The van der Waals surface area contributed by atoms with Crippen LogP contribution in [-0.2, 0) is 4.79 Å². The molecule has 1 saturated carbocycles. The van der Waals surface area contributed by atoms with Crippen molar-refractivity contribution in [2.75, 3.05) is 0 Å². The average Bonchev–Trinajstić information content (AvgIpc) is 2.97. The van der Waals surface area contributed by atoms with Gasteiger partial charge >= 0.3 is 5.97 Å². The molecule has 2 N–H and O–H groups in total. The van der Waals surface area contributed by atoms with Crippen molar-refractivity contribution in [3.05, 3.63) is 0 Å². The van der Waals surface area contributed by atoms with E-state index in [4.69, 9.17) is 5.11 Å². The minimum Gasteiger partial charge on any atom is -0.480 e. The van der Waals surface area contributed by atoms with Gasteiger partial charge in [-0.2, -0.15) is 0 Å². The predicted octanol–water partition coefficient (Wildman–Crippen LogP) is 2.02. The zero-order valence-electron chi connectivity index (χ0n) is 9.34. The summed E-state index contributed by atoms with van der Waals surface area (Å²) in [5.41, 5.74) is -0.0222. The van der Waals surface area contributed by atoms with Gasteiger partial charge < -0.3 is 5.11 Å². The van der Waals surface area contributed by atoms with Crippen molar-refractivity contribution in [1.29, 1.82) is 0 Å². The highest BCUT2D eigenvalue weighted by Crippen LogP contribution is 2.34. The van der Waals surface area contributed by atoms with E-state index in [1.54, 1.807) is 0 Å². The van der Waals surface area contributed by atoms with Crippen molar-refractivity contribution in [3.8, 4) is 0 Å². The Hall–Kier alpha value is -0.570. The molecule has 3 heteroatoms. The van der Waals surface area contributed by atoms with Gasteiger partial charge in [0.2, 0.25) is 0 Å². The van der Waals surface area contributed by atoms with E-state index in [0.29, 0.717) is 5.92 Å². The lowest BCUT2D eigenvalue weighted by Crippen LogP contribution is -2.51. The van der Waals surface area contributed by atoms with Crippen LogP contribution in [0.1, 0.15) is 46.5 Å². The van der Waals surface area contributed by atoms with Crippen LogP contribution in [0.2, 0.25) is 0 Å². The largest absolute Gasteiger partial charge is 0.480 e. The van der Waals surface area contributed by atoms with Crippen LogP contribution < -0.4 is 5.32 Å². The second-order valence-electron chi connectivity index (χ2n) is 4.57. The Morgan fingerprint density at radius 1 is 1.50 bits per heavy atom. The average molecular weight is 199 g/mol. The molecule has 1 atom stereocenters. The molecule has 0 radical (unpaired) electrons. The summed E-state index contributed by atoms with van der Waals surface area (Å²) in [7, 11) is 0. The van der Waals surface area contributed by atoms with Crippen LogP contribution in [0, 0.1) is 5.92 Å². The van der Waals surface area contributed by atoms with Gasteiger partial charge in [0.15, 0.2) is 0 Å². The van der Waals surface area contributed by atoms with E-state index in [2.05, 4.69) is 26.1 Å². The van der Waals surface area contributed by atoms with Gasteiger partial charge in [0.25, 0.3) is 0 Å². The quantitative estimate of drug-likeness (QED) is 0.688. The van der Waals surface area contributed by atoms with Gasteiger partial charge in [0, 0.05) is 5.54 Å². The molecule has 0 saturated heterocycles. The van der Waals surface area contributed by atoms with Crippen LogP contribution in [0.4, 0.5) is 0 Å². The second-order valence-corrected chi connectivity index (χ2v) is 4.57. The molecule has 1 rings (SSSR count). The summed E-state index contributed by atoms with van der Waals surface area (Å²) in [5.74, 6) is -0.328. The van der Waals surface area contributed by atoms with Crippen LogP contribution in [0.5, 0.6) is 0 Å². The van der Waals surface area contributed by atoms with Crippen LogP contribution in [0.15, 0.2) is 0 Å². The number of hydrogen-bond acceptors (Lipinski definition) is 2. The van der Waals surface area contributed by atoms with E-state index in [1.165, 1.54) is 0 Å². The standard InChI is InChI=1S/C11H21NO2/c1-4-11(3,5-2)12-9(10(13)14)8-6-7-8/h8-9,12H,4-7H2,1-3H3,(H,13,14). The topological polar surface area (TPSA) is 49.3 Å². The number of aliphatic carboxylic acids is 1. The maximum absolute atomic E-state index is 11.0. The first kappa shape index (κ1) is 11.5. The Morgan fingerprint density at radius 2 is 2.00 bits per heavy atom. The number of rotatable bonds is 6. The molecule has 0 aromatic rings. The number of nitrogens with one attached hydrogen (secondary N) is 1. The van der Waals surface area contributed by atoms with Gasteiger partial charge in [-0.3, -0.25) is 10.1 Å². The molecule has 0 aliphatic heterocycles. The van der Waals surface area contributed by atoms with E-state index in [1.807, 2.05) is 0 Å². The van der Waals surface area contributed by atoms with Gasteiger partial charge in [-0.25, -0.2) is 0 Å². The Kier molecular flexibility index (Phi) is 3.53. The molecule has 1 aliphatic carbocycles. The molecule has 0 heterocycles. The normalized spacial score (nSPS) is 19.4. The minimum absolute atomic E-state index is 0.0222. The first-order valence-corrected chi connectivity index (χ1v) is 5.53. The summed E-state index contributed by atoms with van der Waals surface area (Å²) in [6, 6.07) is -0.333. The van der Waals surface area contributed by atoms with Crippen molar-refractivity contribution < 1.29 is 9.90 Å². The van der Waals surface area contributed by atoms with Gasteiger partial charge in [-0.05, 0) is 38.5 Å². The Bertz CT molecular complexity index is 207. The third-order valence-electron chi connectivity index (χ3n) is 3.42. The number of hydrogen-bond donors (Lipinski definition) is 2. The first-order valence-electron chi connectivity index (χ1n) is 5.53. The fourth-order valence-corrected chi connectivity index (χ4v) is 1.64. The highest BCUT2D eigenvalue weighted by Gasteiger charge is 2.39. The van der Waals surface area contributed by atoms with Crippen LogP contribution in [0.25, 0.3) is 0 Å². The lowest BCUT2D eigenvalue weighted by Gasteiger charge is -2.32. The smallest absolute Gasteiger partial charge is 0.320 e. The van der Waals surface area contributed by atoms with Gasteiger partial charge in [0.1, 0.15) is 6.04 Å². The van der Waals surface area contributed by atoms with Crippen molar-refractivity contribution in [2.24, 2.45) is 5.92 Å². The zero-order valence-corrected chi connectivity index (χ0v) is 9.34. The molecule has 14 heavy (non-hydrogen) atoms. The monoisotopic (exact) mass is 199 g/mol. The van der Waals surface area contributed by atoms with E-state index in [0.717, 1.165) is 25.7 Å². The number of carboxylic acids is 1. The molecular formula is C11H21NO2. The maximum Gasteiger partial charge on any atom is 0.320 e. The maximum atomic E-state index is 11.0. The highest BCUT2D eigenvalue weighted by molar-refractivity contribution is 5.74. The zero-order chi connectivity index (χ0) is 10.8. The van der Waals surface area contributed by atoms with E-state index >= 15 is 0 Å². The molecule has 1 fully saturated rings.